The van der Waals surface area contributed by atoms with Crippen LogP contribution in [0.25, 0.3) is 6.08 Å². The molecule has 152 valence electrons. The molecular formula is C21H23N3O5. The van der Waals surface area contributed by atoms with Gasteiger partial charge in [-0.15, -0.1) is 0 Å². The number of carbonyl (C=O) groups excluding carboxylic acids is 1. The average molecular weight is 397 g/mol. The number of amides is 1. The number of hydrogen-bond donors (Lipinski definition) is 0. The number of non-ortho nitro benzene ring substituents is 1. The van der Waals surface area contributed by atoms with Gasteiger partial charge in [0.05, 0.1) is 19.1 Å². The van der Waals surface area contributed by atoms with Crippen LogP contribution < -0.4 is 14.4 Å². The zero-order valence-electron chi connectivity index (χ0n) is 16.4. The van der Waals surface area contributed by atoms with E-state index >= 15 is 0 Å². The van der Waals surface area contributed by atoms with E-state index in [0.717, 1.165) is 11.3 Å². The van der Waals surface area contributed by atoms with Gasteiger partial charge in [0.25, 0.3) is 5.69 Å². The van der Waals surface area contributed by atoms with Crippen molar-refractivity contribution < 1.29 is 19.2 Å². The number of methoxy groups -OCH3 is 2. The number of nitro benzene ring substituents is 1. The van der Waals surface area contributed by atoms with E-state index in [1.807, 2.05) is 6.07 Å². The fourth-order valence-corrected chi connectivity index (χ4v) is 3.21. The van der Waals surface area contributed by atoms with E-state index in [-0.39, 0.29) is 11.6 Å². The van der Waals surface area contributed by atoms with Gasteiger partial charge in [0.2, 0.25) is 5.91 Å². The van der Waals surface area contributed by atoms with Crippen molar-refractivity contribution >= 4 is 23.4 Å². The van der Waals surface area contributed by atoms with E-state index in [2.05, 4.69) is 4.90 Å². The third-order valence-corrected chi connectivity index (χ3v) is 4.86. The molecule has 8 heteroatoms. The van der Waals surface area contributed by atoms with E-state index in [0.29, 0.717) is 37.7 Å². The number of carbonyl (C=O) groups is 1. The third-order valence-electron chi connectivity index (χ3n) is 4.86. The molecule has 1 fully saturated rings. The molecule has 8 nitrogen and oxygen atoms in total. The minimum atomic E-state index is -0.413. The topological polar surface area (TPSA) is 85.2 Å². The van der Waals surface area contributed by atoms with Crippen molar-refractivity contribution in [1.29, 1.82) is 0 Å². The molecule has 0 unspecified atom stereocenters. The Labute approximate surface area is 169 Å². The van der Waals surface area contributed by atoms with Crippen molar-refractivity contribution in [3.63, 3.8) is 0 Å². The van der Waals surface area contributed by atoms with E-state index in [9.17, 15) is 14.9 Å². The van der Waals surface area contributed by atoms with Crippen LogP contribution >= 0.6 is 0 Å². The van der Waals surface area contributed by atoms with Gasteiger partial charge in [0, 0.05) is 55.6 Å². The highest BCUT2D eigenvalue weighted by Gasteiger charge is 2.20. The van der Waals surface area contributed by atoms with Gasteiger partial charge in [-0.05, 0) is 36.4 Å². The maximum atomic E-state index is 12.6. The molecule has 0 atom stereocenters. The SMILES string of the molecule is COc1ccc(OC)c(/C=C/C(=O)N2CCN(c3ccc([N+](=O)[O-])cc3)CC2)c1. The maximum absolute atomic E-state index is 12.6. The number of anilines is 1. The normalized spacial score (nSPS) is 14.1. The molecule has 0 aliphatic carbocycles. The summed E-state index contributed by atoms with van der Waals surface area (Å²) in [4.78, 5) is 26.8. The molecule has 1 aliphatic heterocycles. The van der Waals surface area contributed by atoms with E-state index in [1.54, 1.807) is 55.5 Å². The molecule has 2 aromatic carbocycles. The van der Waals surface area contributed by atoms with Crippen molar-refractivity contribution in [2.45, 2.75) is 0 Å². The highest BCUT2D eigenvalue weighted by atomic mass is 16.6. The maximum Gasteiger partial charge on any atom is 0.269 e. The van der Waals surface area contributed by atoms with Crippen LogP contribution in [-0.4, -0.2) is 56.1 Å². The Balaban J connectivity index is 1.60. The molecule has 0 aromatic heterocycles. The monoisotopic (exact) mass is 397 g/mol. The second-order valence-electron chi connectivity index (χ2n) is 6.53. The number of nitrogens with zero attached hydrogens (tertiary/aromatic N) is 3. The summed E-state index contributed by atoms with van der Waals surface area (Å²) in [6, 6.07) is 11.9. The highest BCUT2D eigenvalue weighted by Crippen LogP contribution is 2.25. The van der Waals surface area contributed by atoms with Gasteiger partial charge in [-0.1, -0.05) is 0 Å². The zero-order chi connectivity index (χ0) is 20.8. The van der Waals surface area contributed by atoms with Crippen molar-refractivity contribution in [2.24, 2.45) is 0 Å². The van der Waals surface area contributed by atoms with E-state index < -0.39 is 4.92 Å². The quantitative estimate of drug-likeness (QED) is 0.423. The number of piperazine rings is 1. The van der Waals surface area contributed by atoms with Gasteiger partial charge in [-0.3, -0.25) is 14.9 Å². The number of benzene rings is 2. The first kappa shape index (κ1) is 20.2. The molecule has 1 amide bonds. The first-order valence-corrected chi connectivity index (χ1v) is 9.20. The number of ether oxygens (including phenoxy) is 2. The molecule has 0 bridgehead atoms. The lowest BCUT2D eigenvalue weighted by atomic mass is 10.1. The van der Waals surface area contributed by atoms with Crippen molar-refractivity contribution in [1.82, 2.24) is 4.90 Å². The van der Waals surface area contributed by atoms with Crippen LogP contribution in [0.4, 0.5) is 11.4 Å². The van der Waals surface area contributed by atoms with Gasteiger partial charge in [0.15, 0.2) is 0 Å². The summed E-state index contributed by atoms with van der Waals surface area (Å²) in [5, 5.41) is 10.8. The summed E-state index contributed by atoms with van der Waals surface area (Å²) in [6.07, 6.45) is 3.27. The second kappa shape index (κ2) is 9.09. The lowest BCUT2D eigenvalue weighted by molar-refractivity contribution is -0.384. The Bertz CT molecular complexity index is 903. The minimum Gasteiger partial charge on any atom is -0.497 e. The summed E-state index contributed by atoms with van der Waals surface area (Å²) in [5.41, 5.74) is 1.75. The summed E-state index contributed by atoms with van der Waals surface area (Å²) < 4.78 is 10.6. The van der Waals surface area contributed by atoms with Crippen molar-refractivity contribution in [3.05, 3.63) is 64.2 Å². The highest BCUT2D eigenvalue weighted by molar-refractivity contribution is 5.92. The number of rotatable bonds is 6. The first-order valence-electron chi connectivity index (χ1n) is 9.20. The molecule has 29 heavy (non-hydrogen) atoms. The Hall–Kier alpha value is -3.55. The summed E-state index contributed by atoms with van der Waals surface area (Å²) >= 11 is 0. The van der Waals surface area contributed by atoms with Crippen molar-refractivity contribution in [2.75, 3.05) is 45.3 Å². The van der Waals surface area contributed by atoms with Crippen LogP contribution in [0.5, 0.6) is 11.5 Å². The molecule has 1 heterocycles. The molecule has 0 N–H and O–H groups in total. The smallest absolute Gasteiger partial charge is 0.269 e. The largest absolute Gasteiger partial charge is 0.497 e. The third kappa shape index (κ3) is 4.84. The zero-order valence-corrected chi connectivity index (χ0v) is 16.4. The molecular weight excluding hydrogens is 374 g/mol. The molecule has 0 spiro atoms. The molecule has 2 aromatic rings. The van der Waals surface area contributed by atoms with Crippen LogP contribution in [0, 0.1) is 10.1 Å². The Morgan fingerprint density at radius 3 is 2.31 bits per heavy atom. The van der Waals surface area contributed by atoms with Gasteiger partial charge < -0.3 is 19.3 Å². The van der Waals surface area contributed by atoms with Crippen molar-refractivity contribution in [3.8, 4) is 11.5 Å². The molecule has 1 saturated heterocycles. The number of hydrogen-bond acceptors (Lipinski definition) is 6. The van der Waals surface area contributed by atoms with Gasteiger partial charge in [-0.2, -0.15) is 0 Å². The van der Waals surface area contributed by atoms with E-state index in [4.69, 9.17) is 9.47 Å². The second-order valence-corrected chi connectivity index (χ2v) is 6.53. The van der Waals surface area contributed by atoms with Crippen LogP contribution in [0.2, 0.25) is 0 Å². The molecule has 0 saturated carbocycles. The van der Waals surface area contributed by atoms with Gasteiger partial charge >= 0.3 is 0 Å². The fourth-order valence-electron chi connectivity index (χ4n) is 3.21. The lowest BCUT2D eigenvalue weighted by Gasteiger charge is -2.35. The Kier molecular flexibility index (Phi) is 6.33. The van der Waals surface area contributed by atoms with Crippen LogP contribution in [0.3, 0.4) is 0 Å². The fraction of sp³-hybridized carbons (Fsp3) is 0.286. The molecule has 0 radical (unpaired) electrons. The van der Waals surface area contributed by atoms with Crippen LogP contribution in [0.15, 0.2) is 48.5 Å². The Morgan fingerprint density at radius 2 is 1.72 bits per heavy atom. The summed E-state index contributed by atoms with van der Waals surface area (Å²) in [5.74, 6) is 1.28. The number of nitro groups is 1. The molecule has 3 rings (SSSR count). The van der Waals surface area contributed by atoms with Crippen LogP contribution in [0.1, 0.15) is 5.56 Å². The summed E-state index contributed by atoms with van der Waals surface area (Å²) in [7, 11) is 3.17. The Morgan fingerprint density at radius 1 is 1.03 bits per heavy atom. The van der Waals surface area contributed by atoms with E-state index in [1.165, 1.54) is 12.1 Å². The van der Waals surface area contributed by atoms with Crippen LogP contribution in [-0.2, 0) is 4.79 Å². The minimum absolute atomic E-state index is 0.0701. The first-order chi connectivity index (χ1) is 14.0. The lowest BCUT2D eigenvalue weighted by Crippen LogP contribution is -2.48. The molecule has 1 aliphatic rings. The predicted molar refractivity (Wildman–Crippen MR) is 110 cm³/mol. The predicted octanol–water partition coefficient (Wildman–Crippen LogP) is 2.97. The average Bonchev–Trinajstić information content (AvgIpc) is 2.77. The van der Waals surface area contributed by atoms with Gasteiger partial charge in [-0.25, -0.2) is 0 Å². The van der Waals surface area contributed by atoms with Gasteiger partial charge in [0.1, 0.15) is 11.5 Å². The summed E-state index contributed by atoms with van der Waals surface area (Å²) in [6.45, 7) is 2.49. The standard InChI is InChI=1S/C21H23N3O5/c1-28-19-8-9-20(29-2)16(15-19)3-10-21(25)23-13-11-22(12-14-23)17-4-6-18(7-5-17)24(26)27/h3-10,15H,11-14H2,1-2H3/b10-3+.